The van der Waals surface area contributed by atoms with Crippen molar-refractivity contribution in [1.29, 1.82) is 0 Å². The molecule has 3 aromatic heterocycles. The second kappa shape index (κ2) is 9.73. The van der Waals surface area contributed by atoms with Crippen molar-refractivity contribution in [3.63, 3.8) is 0 Å². The number of hydrogen-bond acceptors (Lipinski definition) is 3. The molecule has 36 heavy (non-hydrogen) atoms. The summed E-state index contributed by atoms with van der Waals surface area (Å²) < 4.78 is 31.4. The van der Waals surface area contributed by atoms with Gasteiger partial charge in [-0.15, -0.1) is 0 Å². The first-order chi connectivity index (χ1) is 17.4. The Morgan fingerprint density at radius 3 is 2.36 bits per heavy atom. The quantitative estimate of drug-likeness (QED) is 0.307. The normalized spacial score (nSPS) is 12.2. The number of amides is 1. The number of rotatable bonds is 7. The van der Waals surface area contributed by atoms with Gasteiger partial charge in [0.15, 0.2) is 5.65 Å². The third-order valence-electron chi connectivity index (χ3n) is 6.18. The standard InChI is InChI=1S/C28H25F2N5O/c1-18(20-10-12-22(13-11-20)34-14-6-7-15-34)31-25(36)17-35-28-26(19(2)33-35)23(27(29)30)16-24(32-28)21-8-4-3-5-9-21/h3-16,18,27H,17H2,1-2H3,(H,31,36). The molecule has 1 amide bonds. The second-order valence-corrected chi connectivity index (χ2v) is 8.68. The zero-order valence-electron chi connectivity index (χ0n) is 19.9. The fourth-order valence-corrected chi connectivity index (χ4v) is 4.37. The van der Waals surface area contributed by atoms with Crippen LogP contribution in [-0.2, 0) is 11.3 Å². The fraction of sp³-hybridized carbons (Fsp3) is 0.179. The van der Waals surface area contributed by atoms with E-state index in [1.807, 2.05) is 90.6 Å². The molecule has 1 N–H and O–H groups in total. The van der Waals surface area contributed by atoms with E-state index in [9.17, 15) is 13.6 Å². The van der Waals surface area contributed by atoms with E-state index < -0.39 is 6.43 Å². The third kappa shape index (κ3) is 4.62. The van der Waals surface area contributed by atoms with Gasteiger partial charge in [-0.1, -0.05) is 42.5 Å². The molecule has 3 heterocycles. The van der Waals surface area contributed by atoms with Crippen molar-refractivity contribution < 1.29 is 13.6 Å². The number of hydrogen-bond donors (Lipinski definition) is 1. The molecular weight excluding hydrogens is 460 g/mol. The molecule has 1 unspecified atom stereocenters. The average Bonchev–Trinajstić information content (AvgIpc) is 3.53. The molecule has 0 aliphatic carbocycles. The van der Waals surface area contributed by atoms with E-state index in [0.29, 0.717) is 17.0 Å². The number of nitrogens with one attached hydrogen (secondary N) is 1. The minimum absolute atomic E-state index is 0.135. The Hall–Kier alpha value is -4.33. The number of nitrogens with zero attached hydrogens (tertiary/aromatic N) is 4. The van der Waals surface area contributed by atoms with Gasteiger partial charge in [-0.2, -0.15) is 5.10 Å². The summed E-state index contributed by atoms with van der Waals surface area (Å²) in [6.07, 6.45) is 1.23. The van der Waals surface area contributed by atoms with Crippen molar-refractivity contribution in [2.45, 2.75) is 32.9 Å². The predicted octanol–water partition coefficient (Wildman–Crippen LogP) is 6.01. The van der Waals surface area contributed by atoms with Gasteiger partial charge < -0.3 is 9.88 Å². The number of benzene rings is 2. The van der Waals surface area contributed by atoms with Crippen LogP contribution in [0.1, 0.15) is 36.2 Å². The summed E-state index contributed by atoms with van der Waals surface area (Å²) in [4.78, 5) is 17.5. The molecule has 0 radical (unpaired) electrons. The number of fused-ring (bicyclic) bond motifs is 1. The molecule has 0 fully saturated rings. The van der Waals surface area contributed by atoms with Crippen molar-refractivity contribution in [2.24, 2.45) is 0 Å². The molecular formula is C28H25F2N5O. The van der Waals surface area contributed by atoms with E-state index in [0.717, 1.165) is 11.3 Å². The second-order valence-electron chi connectivity index (χ2n) is 8.68. The zero-order chi connectivity index (χ0) is 25.2. The maximum absolute atomic E-state index is 14.0. The molecule has 0 saturated heterocycles. The Bertz CT molecular complexity index is 1490. The molecule has 8 heteroatoms. The molecule has 6 nitrogen and oxygen atoms in total. The van der Waals surface area contributed by atoms with E-state index >= 15 is 0 Å². The Balaban J connectivity index is 1.39. The topological polar surface area (TPSA) is 64.7 Å². The van der Waals surface area contributed by atoms with Gasteiger partial charge in [-0.3, -0.25) is 4.79 Å². The predicted molar refractivity (Wildman–Crippen MR) is 135 cm³/mol. The van der Waals surface area contributed by atoms with Crippen molar-refractivity contribution in [3.05, 3.63) is 102 Å². The average molecular weight is 486 g/mol. The summed E-state index contributed by atoms with van der Waals surface area (Å²) in [6, 6.07) is 22.1. The minimum atomic E-state index is -2.70. The number of pyridine rings is 1. The molecule has 1 atom stereocenters. The smallest absolute Gasteiger partial charge is 0.264 e. The zero-order valence-corrected chi connectivity index (χ0v) is 19.9. The minimum Gasteiger partial charge on any atom is -0.348 e. The van der Waals surface area contributed by atoms with Crippen molar-refractivity contribution in [2.75, 3.05) is 0 Å². The van der Waals surface area contributed by atoms with Crippen LogP contribution in [0.5, 0.6) is 0 Å². The lowest BCUT2D eigenvalue weighted by Gasteiger charge is -2.15. The molecule has 182 valence electrons. The van der Waals surface area contributed by atoms with Gasteiger partial charge in [-0.25, -0.2) is 18.4 Å². The molecule has 0 spiro atoms. The number of aromatic nitrogens is 4. The number of aryl methyl sites for hydroxylation is 1. The van der Waals surface area contributed by atoms with Crippen LogP contribution in [0.25, 0.3) is 28.0 Å². The lowest BCUT2D eigenvalue weighted by molar-refractivity contribution is -0.122. The summed E-state index contributed by atoms with van der Waals surface area (Å²) in [7, 11) is 0. The summed E-state index contributed by atoms with van der Waals surface area (Å²) in [6.45, 7) is 3.42. The first-order valence-corrected chi connectivity index (χ1v) is 11.6. The Labute approximate surface area is 207 Å². The van der Waals surface area contributed by atoms with Crippen LogP contribution in [0.2, 0.25) is 0 Å². The number of alkyl halides is 2. The van der Waals surface area contributed by atoms with Gasteiger partial charge in [0.25, 0.3) is 6.43 Å². The van der Waals surface area contributed by atoms with Gasteiger partial charge in [-0.05, 0) is 49.7 Å². The van der Waals surface area contributed by atoms with E-state index in [4.69, 9.17) is 0 Å². The Morgan fingerprint density at radius 2 is 1.69 bits per heavy atom. The largest absolute Gasteiger partial charge is 0.348 e. The lowest BCUT2D eigenvalue weighted by Crippen LogP contribution is -2.30. The van der Waals surface area contributed by atoms with Crippen molar-refractivity contribution >= 4 is 16.9 Å². The monoisotopic (exact) mass is 485 g/mol. The first-order valence-electron chi connectivity index (χ1n) is 11.6. The van der Waals surface area contributed by atoms with Gasteiger partial charge in [0.05, 0.1) is 22.8 Å². The van der Waals surface area contributed by atoms with E-state index in [-0.39, 0.29) is 35.1 Å². The maximum Gasteiger partial charge on any atom is 0.264 e. The number of carbonyl (C=O) groups is 1. The van der Waals surface area contributed by atoms with Crippen LogP contribution >= 0.6 is 0 Å². The molecule has 2 aromatic carbocycles. The van der Waals surface area contributed by atoms with Crippen molar-refractivity contribution in [3.8, 4) is 16.9 Å². The van der Waals surface area contributed by atoms with Crippen LogP contribution in [0.15, 0.2) is 85.2 Å². The van der Waals surface area contributed by atoms with Gasteiger partial charge in [0.2, 0.25) is 5.91 Å². The van der Waals surface area contributed by atoms with E-state index in [1.165, 1.54) is 10.7 Å². The summed E-state index contributed by atoms with van der Waals surface area (Å²) in [5, 5.41) is 7.64. The maximum atomic E-state index is 14.0. The van der Waals surface area contributed by atoms with E-state index in [2.05, 4.69) is 15.4 Å². The van der Waals surface area contributed by atoms with Crippen LogP contribution in [-0.4, -0.2) is 25.2 Å². The number of halogens is 2. The molecule has 5 aromatic rings. The fourth-order valence-electron chi connectivity index (χ4n) is 4.37. The van der Waals surface area contributed by atoms with Gasteiger partial charge in [0.1, 0.15) is 6.54 Å². The van der Waals surface area contributed by atoms with Crippen LogP contribution in [0.4, 0.5) is 8.78 Å². The molecule has 0 aliphatic rings. The number of carbonyl (C=O) groups excluding carboxylic acids is 1. The molecule has 0 saturated carbocycles. The Kier molecular flexibility index (Phi) is 6.33. The van der Waals surface area contributed by atoms with Crippen molar-refractivity contribution in [1.82, 2.24) is 24.6 Å². The highest BCUT2D eigenvalue weighted by Crippen LogP contribution is 2.33. The third-order valence-corrected chi connectivity index (χ3v) is 6.18. The molecule has 0 bridgehead atoms. The first kappa shape index (κ1) is 23.4. The van der Waals surface area contributed by atoms with Crippen LogP contribution in [0, 0.1) is 6.92 Å². The molecule has 0 aliphatic heterocycles. The van der Waals surface area contributed by atoms with E-state index in [1.54, 1.807) is 6.92 Å². The highest BCUT2D eigenvalue weighted by atomic mass is 19.3. The highest BCUT2D eigenvalue weighted by molar-refractivity contribution is 5.87. The summed E-state index contributed by atoms with van der Waals surface area (Å²) in [5.41, 5.74) is 3.64. The summed E-state index contributed by atoms with van der Waals surface area (Å²) >= 11 is 0. The Morgan fingerprint density at radius 1 is 1.00 bits per heavy atom. The van der Waals surface area contributed by atoms with Crippen LogP contribution in [0.3, 0.4) is 0 Å². The summed E-state index contributed by atoms with van der Waals surface area (Å²) in [5.74, 6) is -0.285. The van der Waals surface area contributed by atoms with Gasteiger partial charge in [0, 0.05) is 29.2 Å². The van der Waals surface area contributed by atoms with Crippen LogP contribution < -0.4 is 5.32 Å². The van der Waals surface area contributed by atoms with Gasteiger partial charge >= 0.3 is 0 Å². The molecule has 5 rings (SSSR count). The lowest BCUT2D eigenvalue weighted by atomic mass is 10.1. The SMILES string of the molecule is Cc1nn(CC(=O)NC(C)c2ccc(-n3cccc3)cc2)c2nc(-c3ccccc3)cc(C(F)F)c12. The highest BCUT2D eigenvalue weighted by Gasteiger charge is 2.22.